The summed E-state index contributed by atoms with van der Waals surface area (Å²) in [4.78, 5) is 3.11. The van der Waals surface area contributed by atoms with E-state index in [1.807, 2.05) is 6.20 Å². The molecule has 0 radical (unpaired) electrons. The molecule has 3 heteroatoms. The van der Waals surface area contributed by atoms with Gasteiger partial charge in [-0.05, 0) is 36.7 Å². The van der Waals surface area contributed by atoms with Crippen molar-refractivity contribution < 1.29 is 0 Å². The Bertz CT molecular complexity index is 537. The van der Waals surface area contributed by atoms with Gasteiger partial charge in [-0.25, -0.2) is 0 Å². The van der Waals surface area contributed by atoms with Crippen LogP contribution in [0.15, 0.2) is 30.5 Å². The average Bonchev–Trinajstić information content (AvgIpc) is 2.63. The molecule has 0 aliphatic heterocycles. The first kappa shape index (κ1) is 11.1. The van der Waals surface area contributed by atoms with Gasteiger partial charge in [0, 0.05) is 11.9 Å². The van der Waals surface area contributed by atoms with Crippen LogP contribution < -0.4 is 0 Å². The number of hydrogen-bond donors (Lipinski definition) is 1. The Morgan fingerprint density at radius 2 is 2.06 bits per heavy atom. The van der Waals surface area contributed by atoms with Gasteiger partial charge >= 0.3 is 0 Å². The molecule has 0 fully saturated rings. The molecule has 0 saturated heterocycles. The van der Waals surface area contributed by atoms with E-state index < -0.39 is 0 Å². The summed E-state index contributed by atoms with van der Waals surface area (Å²) >= 11 is 5.29. The molecule has 16 heavy (non-hydrogen) atoms. The molecule has 1 N–H and O–H groups in total. The van der Waals surface area contributed by atoms with Gasteiger partial charge in [0.05, 0.1) is 6.54 Å². The van der Waals surface area contributed by atoms with Gasteiger partial charge in [0.1, 0.15) is 0 Å². The molecule has 0 unspecified atom stereocenters. The van der Waals surface area contributed by atoms with E-state index in [9.17, 15) is 0 Å². The second kappa shape index (κ2) is 4.66. The number of aryl methyl sites for hydroxylation is 2. The van der Waals surface area contributed by atoms with Gasteiger partial charge in [0.25, 0.3) is 0 Å². The van der Waals surface area contributed by atoms with Crippen LogP contribution in [0.1, 0.15) is 23.7 Å². The molecule has 2 rings (SSSR count). The van der Waals surface area contributed by atoms with E-state index in [0.29, 0.717) is 0 Å². The maximum absolute atomic E-state index is 5.29. The van der Waals surface area contributed by atoms with Gasteiger partial charge in [0.15, 0.2) is 4.77 Å². The normalized spacial score (nSPS) is 10.6. The molecule has 0 aliphatic rings. The van der Waals surface area contributed by atoms with E-state index in [0.717, 1.165) is 17.7 Å². The minimum atomic E-state index is 0.806. The number of benzene rings is 1. The van der Waals surface area contributed by atoms with E-state index in [4.69, 9.17) is 12.2 Å². The number of H-pyrrole nitrogens is 1. The Balaban J connectivity index is 2.37. The van der Waals surface area contributed by atoms with Crippen molar-refractivity contribution >= 4 is 12.2 Å². The summed E-state index contributed by atoms with van der Waals surface area (Å²) < 4.78 is 2.97. The number of aromatic amines is 1. The molecule has 0 atom stereocenters. The molecule has 2 nitrogen and oxygen atoms in total. The van der Waals surface area contributed by atoms with Gasteiger partial charge in [-0.1, -0.05) is 31.2 Å². The molecule has 1 aromatic heterocycles. The first-order chi connectivity index (χ1) is 7.72. The van der Waals surface area contributed by atoms with Crippen molar-refractivity contribution in [2.24, 2.45) is 0 Å². The van der Waals surface area contributed by atoms with Crippen molar-refractivity contribution in [1.29, 1.82) is 0 Å². The molecule has 0 spiro atoms. The molecular weight excluding hydrogens is 216 g/mol. The molecule has 1 aromatic carbocycles. The van der Waals surface area contributed by atoms with Crippen LogP contribution in [0.2, 0.25) is 0 Å². The average molecular weight is 232 g/mol. The lowest BCUT2D eigenvalue weighted by Crippen LogP contribution is -2.05. The summed E-state index contributed by atoms with van der Waals surface area (Å²) in [5.74, 6) is 0. The number of imidazole rings is 1. The van der Waals surface area contributed by atoms with Crippen LogP contribution in [0.4, 0.5) is 0 Å². The molecule has 0 aliphatic carbocycles. The molecule has 84 valence electrons. The zero-order valence-corrected chi connectivity index (χ0v) is 10.5. The predicted molar refractivity (Wildman–Crippen MR) is 69.3 cm³/mol. The highest BCUT2D eigenvalue weighted by molar-refractivity contribution is 7.71. The van der Waals surface area contributed by atoms with E-state index in [1.54, 1.807) is 0 Å². The van der Waals surface area contributed by atoms with Crippen LogP contribution in [-0.2, 0) is 13.0 Å². The molecular formula is C13H16N2S. The highest BCUT2D eigenvalue weighted by Gasteiger charge is 2.04. The van der Waals surface area contributed by atoms with Crippen LogP contribution in [0.3, 0.4) is 0 Å². The van der Waals surface area contributed by atoms with Crippen LogP contribution in [0.5, 0.6) is 0 Å². The third kappa shape index (κ3) is 2.09. The summed E-state index contributed by atoms with van der Waals surface area (Å²) in [5.41, 5.74) is 3.90. The Kier molecular flexibility index (Phi) is 3.25. The molecule has 0 bridgehead atoms. The fraction of sp³-hybridized carbons (Fsp3) is 0.308. The molecule has 2 aromatic rings. The largest absolute Gasteiger partial charge is 0.337 e. The maximum Gasteiger partial charge on any atom is 0.177 e. The Labute approximate surface area is 101 Å². The van der Waals surface area contributed by atoms with Crippen molar-refractivity contribution in [2.45, 2.75) is 26.8 Å². The minimum absolute atomic E-state index is 0.806. The fourth-order valence-corrected chi connectivity index (χ4v) is 2.10. The van der Waals surface area contributed by atoms with Crippen molar-refractivity contribution in [1.82, 2.24) is 9.55 Å². The van der Waals surface area contributed by atoms with E-state index in [-0.39, 0.29) is 0 Å². The quantitative estimate of drug-likeness (QED) is 0.804. The van der Waals surface area contributed by atoms with Gasteiger partial charge in [0.2, 0.25) is 0 Å². The third-order valence-electron chi connectivity index (χ3n) is 2.91. The highest BCUT2D eigenvalue weighted by atomic mass is 32.1. The summed E-state index contributed by atoms with van der Waals surface area (Å²) in [6, 6.07) is 8.43. The Hall–Kier alpha value is -1.35. The van der Waals surface area contributed by atoms with Crippen molar-refractivity contribution in [2.75, 3.05) is 0 Å². The third-order valence-corrected chi connectivity index (χ3v) is 3.24. The first-order valence-corrected chi connectivity index (χ1v) is 5.94. The summed E-state index contributed by atoms with van der Waals surface area (Å²) in [6.07, 6.45) is 3.00. The smallest absolute Gasteiger partial charge is 0.177 e. The van der Waals surface area contributed by atoms with Crippen molar-refractivity contribution in [3.05, 3.63) is 52.1 Å². The van der Waals surface area contributed by atoms with Gasteiger partial charge in [-0.15, -0.1) is 0 Å². The number of aromatic nitrogens is 2. The van der Waals surface area contributed by atoms with Crippen molar-refractivity contribution in [3.8, 4) is 0 Å². The molecule has 1 heterocycles. The van der Waals surface area contributed by atoms with Gasteiger partial charge in [-0.3, -0.25) is 0 Å². The molecule has 0 saturated carbocycles. The van der Waals surface area contributed by atoms with Gasteiger partial charge in [-0.2, -0.15) is 0 Å². The monoisotopic (exact) mass is 232 g/mol. The number of nitrogens with one attached hydrogen (secondary N) is 1. The molecule has 0 amide bonds. The first-order valence-electron chi connectivity index (χ1n) is 5.54. The van der Waals surface area contributed by atoms with Crippen LogP contribution in [0, 0.1) is 11.7 Å². The number of nitrogens with zero attached hydrogens (tertiary/aromatic N) is 1. The second-order valence-electron chi connectivity index (χ2n) is 3.95. The van der Waals surface area contributed by atoms with Gasteiger partial charge < -0.3 is 9.55 Å². The predicted octanol–water partition coefficient (Wildman–Crippen LogP) is 3.46. The number of rotatable bonds is 3. The lowest BCUT2D eigenvalue weighted by atomic mass is 10.1. The second-order valence-corrected chi connectivity index (χ2v) is 4.34. The Morgan fingerprint density at radius 3 is 2.75 bits per heavy atom. The van der Waals surface area contributed by atoms with E-state index >= 15 is 0 Å². The topological polar surface area (TPSA) is 20.7 Å². The highest BCUT2D eigenvalue weighted by Crippen LogP contribution is 2.12. The van der Waals surface area contributed by atoms with Crippen molar-refractivity contribution in [3.63, 3.8) is 0 Å². The van der Waals surface area contributed by atoms with Crippen LogP contribution >= 0.6 is 12.2 Å². The van der Waals surface area contributed by atoms with Crippen LogP contribution in [0.25, 0.3) is 0 Å². The Morgan fingerprint density at radius 1 is 1.31 bits per heavy atom. The SMILES string of the molecule is CCc1c[nH]c(=S)n1Cc1ccccc1C. The summed E-state index contributed by atoms with van der Waals surface area (Å²) in [5, 5.41) is 0. The zero-order chi connectivity index (χ0) is 11.5. The number of hydrogen-bond acceptors (Lipinski definition) is 1. The van der Waals surface area contributed by atoms with E-state index in [2.05, 4.69) is 47.7 Å². The lowest BCUT2D eigenvalue weighted by molar-refractivity contribution is 0.733. The summed E-state index contributed by atoms with van der Waals surface area (Å²) in [7, 11) is 0. The summed E-state index contributed by atoms with van der Waals surface area (Å²) in [6.45, 7) is 5.14. The standard InChI is InChI=1S/C13H16N2S/c1-3-12-8-14-13(16)15(12)9-11-7-5-4-6-10(11)2/h4-8H,3,9H2,1-2H3,(H,14,16). The fourth-order valence-electron chi connectivity index (χ4n) is 1.86. The zero-order valence-electron chi connectivity index (χ0n) is 9.66. The van der Waals surface area contributed by atoms with Crippen LogP contribution in [-0.4, -0.2) is 9.55 Å². The van der Waals surface area contributed by atoms with E-state index in [1.165, 1.54) is 16.8 Å². The lowest BCUT2D eigenvalue weighted by Gasteiger charge is -2.09. The maximum atomic E-state index is 5.29. The minimum Gasteiger partial charge on any atom is -0.337 e.